The van der Waals surface area contributed by atoms with Gasteiger partial charge in [-0.25, -0.2) is 0 Å². The van der Waals surface area contributed by atoms with Crippen LogP contribution in [0.2, 0.25) is 0 Å². The molecule has 1 aromatic heterocycles. The molecule has 1 fully saturated rings. The van der Waals surface area contributed by atoms with Gasteiger partial charge in [-0.15, -0.1) is 0 Å². The Kier molecular flexibility index (Phi) is 6.63. The topological polar surface area (TPSA) is 71.5 Å². The van der Waals surface area contributed by atoms with E-state index in [0.717, 1.165) is 31.7 Å². The number of hydrogen-bond acceptors (Lipinski definition) is 4. The fourth-order valence-electron chi connectivity index (χ4n) is 3.24. The molecule has 0 saturated carbocycles. The number of amides is 2. The van der Waals surface area contributed by atoms with Gasteiger partial charge in [0.2, 0.25) is 0 Å². The van der Waals surface area contributed by atoms with Crippen molar-refractivity contribution in [3.05, 3.63) is 59.9 Å². The van der Waals surface area contributed by atoms with Gasteiger partial charge in [-0.1, -0.05) is 0 Å². The molecular weight excluding hydrogens is 354 g/mol. The Morgan fingerprint density at radius 1 is 1.14 bits per heavy atom. The maximum atomic E-state index is 12.5. The Hall–Kier alpha value is -2.89. The van der Waals surface area contributed by atoms with E-state index in [0.29, 0.717) is 23.7 Å². The molecule has 0 aliphatic carbocycles. The molecule has 3 rings (SSSR count). The highest BCUT2D eigenvalue weighted by Gasteiger charge is 2.24. The van der Waals surface area contributed by atoms with Crippen molar-refractivity contribution in [3.8, 4) is 5.75 Å². The van der Waals surface area contributed by atoms with E-state index in [2.05, 4.69) is 10.3 Å². The monoisotopic (exact) mass is 381 g/mol. The third-order valence-corrected chi connectivity index (χ3v) is 4.83. The van der Waals surface area contributed by atoms with Crippen LogP contribution in [-0.2, 0) is 0 Å². The zero-order valence-electron chi connectivity index (χ0n) is 16.4. The molecule has 2 amide bonds. The molecule has 1 aromatic carbocycles. The zero-order chi connectivity index (χ0) is 19.9. The van der Waals surface area contributed by atoms with Crippen molar-refractivity contribution >= 4 is 11.8 Å². The number of nitrogens with one attached hydrogen (secondary N) is 1. The van der Waals surface area contributed by atoms with Crippen LogP contribution in [0.4, 0.5) is 0 Å². The van der Waals surface area contributed by atoms with Crippen LogP contribution in [0.5, 0.6) is 5.75 Å². The summed E-state index contributed by atoms with van der Waals surface area (Å²) in [7, 11) is 0. The maximum absolute atomic E-state index is 12.5. The molecule has 1 saturated heterocycles. The van der Waals surface area contributed by atoms with Crippen LogP contribution in [0.3, 0.4) is 0 Å². The standard InChI is InChI=1S/C22H27N3O3/c1-16(2)24-21(26)18-5-7-20(8-6-18)28-15-17-9-12-25(13-10-17)22(27)19-4-3-11-23-14-19/h3-8,11,14,16-17H,9-10,12-13,15H2,1-2H3,(H,24,26). The molecular formula is C22H27N3O3. The first-order chi connectivity index (χ1) is 13.5. The number of rotatable bonds is 6. The first kappa shape index (κ1) is 19.9. The predicted molar refractivity (Wildman–Crippen MR) is 107 cm³/mol. The molecule has 1 aliphatic heterocycles. The van der Waals surface area contributed by atoms with Gasteiger partial charge >= 0.3 is 0 Å². The minimum absolute atomic E-state index is 0.0442. The van der Waals surface area contributed by atoms with Gasteiger partial charge < -0.3 is 15.0 Å². The minimum atomic E-state index is -0.0767. The van der Waals surface area contributed by atoms with Gasteiger partial charge in [-0.05, 0) is 69.0 Å². The Morgan fingerprint density at radius 2 is 1.86 bits per heavy atom. The molecule has 2 aromatic rings. The van der Waals surface area contributed by atoms with E-state index in [9.17, 15) is 9.59 Å². The molecule has 2 heterocycles. The summed E-state index contributed by atoms with van der Waals surface area (Å²) in [5.41, 5.74) is 1.27. The van der Waals surface area contributed by atoms with Crippen LogP contribution >= 0.6 is 0 Å². The van der Waals surface area contributed by atoms with E-state index >= 15 is 0 Å². The molecule has 0 atom stereocenters. The molecule has 6 nitrogen and oxygen atoms in total. The minimum Gasteiger partial charge on any atom is -0.493 e. The summed E-state index contributed by atoms with van der Waals surface area (Å²) in [5, 5.41) is 2.87. The second-order valence-corrected chi connectivity index (χ2v) is 7.44. The van der Waals surface area contributed by atoms with Crippen molar-refractivity contribution < 1.29 is 14.3 Å². The second-order valence-electron chi connectivity index (χ2n) is 7.44. The Labute approximate surface area is 165 Å². The van der Waals surface area contributed by atoms with Crippen molar-refractivity contribution in [2.45, 2.75) is 32.7 Å². The van der Waals surface area contributed by atoms with Crippen LogP contribution in [0.25, 0.3) is 0 Å². The number of pyridine rings is 1. The Morgan fingerprint density at radius 3 is 2.46 bits per heavy atom. The average Bonchev–Trinajstić information content (AvgIpc) is 2.72. The van der Waals surface area contributed by atoms with Crippen molar-refractivity contribution in [2.75, 3.05) is 19.7 Å². The fourth-order valence-corrected chi connectivity index (χ4v) is 3.24. The van der Waals surface area contributed by atoms with E-state index in [1.54, 1.807) is 36.7 Å². The maximum Gasteiger partial charge on any atom is 0.255 e. The van der Waals surface area contributed by atoms with Gasteiger partial charge in [0.15, 0.2) is 0 Å². The lowest BCUT2D eigenvalue weighted by Crippen LogP contribution is -2.39. The van der Waals surface area contributed by atoms with Gasteiger partial charge in [-0.3, -0.25) is 14.6 Å². The number of aromatic nitrogens is 1. The van der Waals surface area contributed by atoms with Gasteiger partial charge in [-0.2, -0.15) is 0 Å². The van der Waals surface area contributed by atoms with Gasteiger partial charge in [0.25, 0.3) is 11.8 Å². The number of benzene rings is 1. The first-order valence-electron chi connectivity index (χ1n) is 9.76. The highest BCUT2D eigenvalue weighted by atomic mass is 16.5. The van der Waals surface area contributed by atoms with Crippen LogP contribution in [-0.4, -0.2) is 47.4 Å². The molecule has 1 N–H and O–H groups in total. The normalized spacial score (nSPS) is 14.8. The van der Waals surface area contributed by atoms with Gasteiger partial charge in [0.1, 0.15) is 5.75 Å². The number of piperidine rings is 1. The third-order valence-electron chi connectivity index (χ3n) is 4.83. The molecule has 148 valence electrons. The largest absolute Gasteiger partial charge is 0.493 e. The lowest BCUT2D eigenvalue weighted by atomic mass is 9.97. The molecule has 0 bridgehead atoms. The van der Waals surface area contributed by atoms with Crippen LogP contribution in [0.1, 0.15) is 47.4 Å². The van der Waals surface area contributed by atoms with Crippen molar-refractivity contribution in [3.63, 3.8) is 0 Å². The summed E-state index contributed by atoms with van der Waals surface area (Å²) in [4.78, 5) is 30.3. The molecule has 0 unspecified atom stereocenters. The molecule has 28 heavy (non-hydrogen) atoms. The summed E-state index contributed by atoms with van der Waals surface area (Å²) in [5.74, 6) is 1.15. The second kappa shape index (κ2) is 9.35. The summed E-state index contributed by atoms with van der Waals surface area (Å²) < 4.78 is 5.90. The smallest absolute Gasteiger partial charge is 0.255 e. The zero-order valence-corrected chi connectivity index (χ0v) is 16.4. The highest BCUT2D eigenvalue weighted by Crippen LogP contribution is 2.21. The summed E-state index contributed by atoms with van der Waals surface area (Å²) >= 11 is 0. The SMILES string of the molecule is CC(C)NC(=O)c1ccc(OCC2CCN(C(=O)c3cccnc3)CC2)cc1. The van der Waals surface area contributed by atoms with Crippen molar-refractivity contribution in [2.24, 2.45) is 5.92 Å². The number of hydrogen-bond donors (Lipinski definition) is 1. The van der Waals surface area contributed by atoms with E-state index < -0.39 is 0 Å². The summed E-state index contributed by atoms with van der Waals surface area (Å²) in [6, 6.07) is 10.9. The van der Waals surface area contributed by atoms with Gasteiger partial charge in [0, 0.05) is 37.1 Å². The Balaban J connectivity index is 1.44. The molecule has 1 aliphatic rings. The van der Waals surface area contributed by atoms with Gasteiger partial charge in [0.05, 0.1) is 12.2 Å². The van der Waals surface area contributed by atoms with E-state index in [-0.39, 0.29) is 17.9 Å². The first-order valence-corrected chi connectivity index (χ1v) is 9.76. The lowest BCUT2D eigenvalue weighted by molar-refractivity contribution is 0.0660. The van der Waals surface area contributed by atoms with Crippen molar-refractivity contribution in [1.82, 2.24) is 15.2 Å². The van der Waals surface area contributed by atoms with Crippen LogP contribution in [0, 0.1) is 5.92 Å². The number of nitrogens with zero attached hydrogens (tertiary/aromatic N) is 2. The lowest BCUT2D eigenvalue weighted by Gasteiger charge is -2.31. The van der Waals surface area contributed by atoms with E-state index in [4.69, 9.17) is 4.74 Å². The molecule has 0 radical (unpaired) electrons. The number of ether oxygens (including phenoxy) is 1. The Bertz CT molecular complexity index is 782. The fraction of sp³-hybridized carbons (Fsp3) is 0.409. The van der Waals surface area contributed by atoms with Crippen LogP contribution < -0.4 is 10.1 Å². The van der Waals surface area contributed by atoms with Crippen LogP contribution in [0.15, 0.2) is 48.8 Å². The number of likely N-dealkylation sites (tertiary alicyclic amines) is 1. The highest BCUT2D eigenvalue weighted by molar-refractivity contribution is 5.94. The molecule has 6 heteroatoms. The summed E-state index contributed by atoms with van der Waals surface area (Å²) in [6.07, 6.45) is 5.12. The quantitative estimate of drug-likeness (QED) is 0.834. The average molecular weight is 381 g/mol. The van der Waals surface area contributed by atoms with E-state index in [1.807, 2.05) is 30.9 Å². The summed E-state index contributed by atoms with van der Waals surface area (Å²) in [6.45, 7) is 5.95. The third kappa shape index (κ3) is 5.31. The number of carbonyl (C=O) groups is 2. The number of carbonyl (C=O) groups excluding carboxylic acids is 2. The predicted octanol–water partition coefficient (Wildman–Crippen LogP) is 3.15. The van der Waals surface area contributed by atoms with E-state index in [1.165, 1.54) is 0 Å². The molecule has 0 spiro atoms. The van der Waals surface area contributed by atoms with Crippen molar-refractivity contribution in [1.29, 1.82) is 0 Å².